The maximum atomic E-state index is 11.9. The highest BCUT2D eigenvalue weighted by atomic mass is 32.2. The van der Waals surface area contributed by atoms with E-state index in [0.717, 1.165) is 12.8 Å². The highest BCUT2D eigenvalue weighted by molar-refractivity contribution is 7.87. The fraction of sp³-hybridized carbons (Fsp3) is 1.00. The zero-order valence-electron chi connectivity index (χ0n) is 9.85. The van der Waals surface area contributed by atoms with Crippen molar-refractivity contribution >= 4 is 10.2 Å². The monoisotopic (exact) mass is 251 g/mol. The number of methoxy groups -OCH3 is 1. The Labute approximate surface area is 97.3 Å². The van der Waals surface area contributed by atoms with Crippen LogP contribution < -0.4 is 10.5 Å². The van der Waals surface area contributed by atoms with Crippen molar-refractivity contribution in [3.63, 3.8) is 0 Å². The number of hydrogen-bond donors (Lipinski definition) is 2. The number of nitrogens with two attached hydrogens (primary N) is 1. The van der Waals surface area contributed by atoms with Gasteiger partial charge in [-0.15, -0.1) is 0 Å². The van der Waals surface area contributed by atoms with E-state index in [0.29, 0.717) is 13.2 Å². The zero-order valence-corrected chi connectivity index (χ0v) is 10.7. The van der Waals surface area contributed by atoms with E-state index < -0.39 is 16.4 Å². The van der Waals surface area contributed by atoms with Crippen LogP contribution in [0, 0.1) is 5.92 Å². The second-order valence-corrected chi connectivity index (χ2v) is 5.82. The average molecular weight is 251 g/mol. The minimum absolute atomic E-state index is 0.202. The fourth-order valence-electron chi connectivity index (χ4n) is 1.81. The van der Waals surface area contributed by atoms with Crippen LogP contribution in [0.5, 0.6) is 0 Å². The first-order valence-corrected chi connectivity index (χ1v) is 6.94. The molecule has 0 aromatic heterocycles. The van der Waals surface area contributed by atoms with Crippen LogP contribution in [0.25, 0.3) is 0 Å². The summed E-state index contributed by atoms with van der Waals surface area (Å²) in [6.07, 6.45) is 1.42. The molecule has 0 aromatic rings. The Morgan fingerprint density at radius 3 is 2.88 bits per heavy atom. The molecule has 3 N–H and O–H groups in total. The molecule has 7 heteroatoms. The first-order chi connectivity index (χ1) is 7.49. The number of ether oxygens (including phenoxy) is 1. The van der Waals surface area contributed by atoms with Crippen molar-refractivity contribution in [3.05, 3.63) is 0 Å². The first kappa shape index (κ1) is 13.9. The fourth-order valence-corrected chi connectivity index (χ4v) is 3.21. The molecule has 2 atom stereocenters. The third-order valence-corrected chi connectivity index (χ3v) is 4.47. The van der Waals surface area contributed by atoms with Gasteiger partial charge in [-0.3, -0.25) is 0 Å². The Kier molecular flexibility index (Phi) is 5.13. The van der Waals surface area contributed by atoms with Gasteiger partial charge in [0.15, 0.2) is 0 Å². The topological polar surface area (TPSA) is 84.7 Å². The predicted octanol–water partition coefficient (Wildman–Crippen LogP) is -0.516. The maximum absolute atomic E-state index is 11.9. The first-order valence-electron chi connectivity index (χ1n) is 5.50. The normalized spacial score (nSPS) is 28.2. The van der Waals surface area contributed by atoms with Crippen molar-refractivity contribution in [2.45, 2.75) is 25.9 Å². The molecule has 0 aliphatic carbocycles. The van der Waals surface area contributed by atoms with Gasteiger partial charge in [-0.1, -0.05) is 6.92 Å². The van der Waals surface area contributed by atoms with Gasteiger partial charge in [-0.2, -0.15) is 17.4 Å². The van der Waals surface area contributed by atoms with Gasteiger partial charge in [0.1, 0.15) is 0 Å². The summed E-state index contributed by atoms with van der Waals surface area (Å²) in [4.78, 5) is 0. The summed E-state index contributed by atoms with van der Waals surface area (Å²) in [5.41, 5.74) is 5.89. The Hall–Kier alpha value is -0.210. The lowest BCUT2D eigenvalue weighted by Gasteiger charge is -2.36. The standard InChI is InChI=1S/C9H21N3O3S/c1-8-4-3-6-12(9(8)10)16(13,14)11-5-7-15-2/h8-9,11H,3-7,10H2,1-2H3. The van der Waals surface area contributed by atoms with E-state index in [1.54, 1.807) is 0 Å². The molecular formula is C9H21N3O3S. The molecule has 0 bridgehead atoms. The summed E-state index contributed by atoms with van der Waals surface area (Å²) in [5.74, 6) is 0.202. The molecule has 16 heavy (non-hydrogen) atoms. The maximum Gasteiger partial charge on any atom is 0.280 e. The summed E-state index contributed by atoms with van der Waals surface area (Å²) in [6, 6.07) is 0. The largest absolute Gasteiger partial charge is 0.383 e. The number of rotatable bonds is 5. The van der Waals surface area contributed by atoms with Crippen LogP contribution in [0.15, 0.2) is 0 Å². The zero-order chi connectivity index (χ0) is 12.2. The van der Waals surface area contributed by atoms with Gasteiger partial charge in [-0.05, 0) is 18.8 Å². The van der Waals surface area contributed by atoms with Gasteiger partial charge in [0.2, 0.25) is 0 Å². The van der Waals surface area contributed by atoms with E-state index in [4.69, 9.17) is 10.5 Å². The summed E-state index contributed by atoms with van der Waals surface area (Å²) >= 11 is 0. The van der Waals surface area contributed by atoms with E-state index in [9.17, 15) is 8.42 Å². The van der Waals surface area contributed by atoms with Crippen molar-refractivity contribution in [2.75, 3.05) is 26.8 Å². The molecule has 1 saturated heterocycles. The van der Waals surface area contributed by atoms with Crippen LogP contribution in [0.2, 0.25) is 0 Å². The number of nitrogens with one attached hydrogen (secondary N) is 1. The van der Waals surface area contributed by atoms with Crippen LogP contribution in [0.4, 0.5) is 0 Å². The Balaban J connectivity index is 2.59. The van der Waals surface area contributed by atoms with Crippen LogP contribution in [0.1, 0.15) is 19.8 Å². The average Bonchev–Trinajstić information content (AvgIpc) is 2.22. The van der Waals surface area contributed by atoms with Gasteiger partial charge in [0.05, 0.1) is 12.8 Å². The lowest BCUT2D eigenvalue weighted by Crippen LogP contribution is -2.56. The third-order valence-electron chi connectivity index (χ3n) is 2.85. The van der Waals surface area contributed by atoms with Gasteiger partial charge in [0, 0.05) is 20.2 Å². The van der Waals surface area contributed by atoms with Crippen molar-refractivity contribution < 1.29 is 13.2 Å². The molecule has 0 amide bonds. The van der Waals surface area contributed by atoms with Gasteiger partial charge >= 0.3 is 0 Å². The lowest BCUT2D eigenvalue weighted by atomic mass is 9.99. The van der Waals surface area contributed by atoms with E-state index in [1.165, 1.54) is 11.4 Å². The molecule has 96 valence electrons. The van der Waals surface area contributed by atoms with Crippen LogP contribution in [-0.2, 0) is 14.9 Å². The summed E-state index contributed by atoms with van der Waals surface area (Å²) in [6.45, 7) is 3.10. The van der Waals surface area contributed by atoms with Crippen molar-refractivity contribution in [2.24, 2.45) is 11.7 Å². The van der Waals surface area contributed by atoms with E-state index in [-0.39, 0.29) is 12.5 Å². The highest BCUT2D eigenvalue weighted by Crippen LogP contribution is 2.21. The van der Waals surface area contributed by atoms with Crippen molar-refractivity contribution in [1.29, 1.82) is 0 Å². The number of hydrogen-bond acceptors (Lipinski definition) is 4. The summed E-state index contributed by atoms with van der Waals surface area (Å²) < 4.78 is 32.4. The number of nitrogens with zero attached hydrogens (tertiary/aromatic N) is 1. The van der Waals surface area contributed by atoms with Gasteiger partial charge in [0.25, 0.3) is 10.2 Å². The molecule has 0 aromatic carbocycles. The van der Waals surface area contributed by atoms with E-state index in [2.05, 4.69) is 4.72 Å². The molecule has 0 radical (unpaired) electrons. The minimum Gasteiger partial charge on any atom is -0.383 e. The molecule has 6 nitrogen and oxygen atoms in total. The van der Waals surface area contributed by atoms with E-state index in [1.807, 2.05) is 6.92 Å². The predicted molar refractivity (Wildman–Crippen MR) is 61.9 cm³/mol. The SMILES string of the molecule is COCCNS(=O)(=O)N1CCCC(C)C1N. The Bertz CT molecular complexity index is 307. The quantitative estimate of drug-likeness (QED) is 0.644. The molecule has 1 aliphatic heterocycles. The van der Waals surface area contributed by atoms with Gasteiger partial charge < -0.3 is 10.5 Å². The molecule has 1 heterocycles. The summed E-state index contributed by atoms with van der Waals surface area (Å²) in [5, 5.41) is 0. The third kappa shape index (κ3) is 3.39. The van der Waals surface area contributed by atoms with Crippen molar-refractivity contribution in [3.8, 4) is 0 Å². The molecule has 2 unspecified atom stereocenters. The minimum atomic E-state index is -3.46. The molecular weight excluding hydrogens is 230 g/mol. The molecule has 1 aliphatic rings. The van der Waals surface area contributed by atoms with Crippen molar-refractivity contribution in [1.82, 2.24) is 9.03 Å². The molecule has 0 spiro atoms. The Morgan fingerprint density at radius 1 is 1.56 bits per heavy atom. The smallest absolute Gasteiger partial charge is 0.280 e. The molecule has 1 fully saturated rings. The summed E-state index contributed by atoms with van der Waals surface area (Å²) in [7, 11) is -1.93. The number of piperidine rings is 1. The molecule has 0 saturated carbocycles. The second kappa shape index (κ2) is 5.92. The van der Waals surface area contributed by atoms with Crippen LogP contribution in [-0.4, -0.2) is 45.7 Å². The van der Waals surface area contributed by atoms with Crippen LogP contribution in [0.3, 0.4) is 0 Å². The highest BCUT2D eigenvalue weighted by Gasteiger charge is 2.33. The van der Waals surface area contributed by atoms with E-state index >= 15 is 0 Å². The lowest BCUT2D eigenvalue weighted by molar-refractivity contribution is 0.185. The molecule has 1 rings (SSSR count). The Morgan fingerprint density at radius 2 is 2.25 bits per heavy atom. The second-order valence-electron chi connectivity index (χ2n) is 4.11. The van der Waals surface area contributed by atoms with Crippen LogP contribution >= 0.6 is 0 Å². The van der Waals surface area contributed by atoms with Gasteiger partial charge in [-0.25, -0.2) is 0 Å².